The number of aromatic nitrogens is 1. The van der Waals surface area contributed by atoms with Crippen LogP contribution in [0.5, 0.6) is 5.75 Å². The molecule has 42 heavy (non-hydrogen) atoms. The number of hydrogen-bond donors (Lipinski definition) is 4. The first-order valence-corrected chi connectivity index (χ1v) is 15.7. The van der Waals surface area contributed by atoms with Crippen molar-refractivity contribution in [2.45, 2.75) is 108 Å². The summed E-state index contributed by atoms with van der Waals surface area (Å²) in [6, 6.07) is 4.95. The highest BCUT2D eigenvalue weighted by Crippen LogP contribution is 2.37. The van der Waals surface area contributed by atoms with E-state index in [0.29, 0.717) is 42.3 Å². The molecular weight excluding hydrogens is 575 g/mol. The molecule has 1 heterocycles. The van der Waals surface area contributed by atoms with Crippen molar-refractivity contribution in [2.75, 3.05) is 0 Å². The standard InChI is InChI=1S/C29H40F3N3O6S/c1-17-22(26(36)33-21-12-20(13-21)27(37)38)15-23(35(17)16-18-8-6-5-7-9-18)19-10-11-25(24(14-19)41-29(30,31)32)42(39,40)34-28(2,3)4/h10-11,14-15,18,20-21,27,34,37-38H,5-9,12-13,16H2,1-4H3,(H,33,36). The Kier molecular flexibility index (Phi) is 9.37. The van der Waals surface area contributed by atoms with Gasteiger partial charge in [0.05, 0.1) is 5.56 Å². The number of hydrogen-bond acceptors (Lipinski definition) is 6. The van der Waals surface area contributed by atoms with Gasteiger partial charge in [-0.1, -0.05) is 25.3 Å². The Labute approximate surface area is 244 Å². The number of aliphatic hydroxyl groups excluding tert-OH is 1. The molecule has 0 bridgehead atoms. The van der Waals surface area contributed by atoms with Gasteiger partial charge in [-0.3, -0.25) is 4.79 Å². The molecular formula is C29H40F3N3O6S. The van der Waals surface area contributed by atoms with Gasteiger partial charge in [0.1, 0.15) is 10.6 Å². The van der Waals surface area contributed by atoms with E-state index in [1.54, 1.807) is 33.8 Å². The smallest absolute Gasteiger partial charge is 0.404 e. The lowest BCUT2D eigenvalue weighted by Gasteiger charge is -2.36. The van der Waals surface area contributed by atoms with Gasteiger partial charge in [0, 0.05) is 41.0 Å². The average molecular weight is 616 g/mol. The third kappa shape index (κ3) is 7.86. The molecule has 4 N–H and O–H groups in total. The van der Waals surface area contributed by atoms with E-state index in [-0.39, 0.29) is 23.4 Å². The third-order valence-corrected chi connectivity index (χ3v) is 9.70. The Hall–Kier alpha value is -2.61. The molecule has 1 amide bonds. The Balaban J connectivity index is 1.75. The maximum absolute atomic E-state index is 13.5. The van der Waals surface area contributed by atoms with Crippen LogP contribution in [0.2, 0.25) is 0 Å². The Morgan fingerprint density at radius 2 is 1.74 bits per heavy atom. The number of carbonyl (C=O) groups excluding carboxylic acids is 1. The Bertz CT molecular complexity index is 1390. The van der Waals surface area contributed by atoms with Gasteiger partial charge in [-0.25, -0.2) is 13.1 Å². The molecule has 2 fully saturated rings. The summed E-state index contributed by atoms with van der Waals surface area (Å²) in [6.45, 7) is 7.06. The topological polar surface area (TPSA) is 130 Å². The zero-order chi connectivity index (χ0) is 31.0. The van der Waals surface area contributed by atoms with Crippen molar-refractivity contribution in [1.29, 1.82) is 0 Å². The summed E-state index contributed by atoms with van der Waals surface area (Å²) in [5, 5.41) is 21.6. The highest BCUT2D eigenvalue weighted by molar-refractivity contribution is 7.89. The van der Waals surface area contributed by atoms with Crippen LogP contribution in [-0.4, -0.2) is 53.3 Å². The van der Waals surface area contributed by atoms with Crippen LogP contribution in [0.4, 0.5) is 13.2 Å². The van der Waals surface area contributed by atoms with Crippen molar-refractivity contribution in [3.63, 3.8) is 0 Å². The summed E-state index contributed by atoms with van der Waals surface area (Å²) in [7, 11) is -4.37. The van der Waals surface area contributed by atoms with Crippen LogP contribution in [0.3, 0.4) is 0 Å². The normalized spacial score (nSPS) is 20.4. The van der Waals surface area contributed by atoms with Crippen LogP contribution in [0.1, 0.15) is 81.8 Å². The molecule has 0 aliphatic heterocycles. The maximum atomic E-state index is 13.5. The van der Waals surface area contributed by atoms with Gasteiger partial charge in [-0.15, -0.1) is 13.2 Å². The molecule has 0 atom stereocenters. The van der Waals surface area contributed by atoms with Gasteiger partial charge in [-0.2, -0.15) is 0 Å². The lowest BCUT2D eigenvalue weighted by molar-refractivity contribution is -0.275. The highest BCUT2D eigenvalue weighted by atomic mass is 32.2. The van der Waals surface area contributed by atoms with E-state index < -0.39 is 38.9 Å². The van der Waals surface area contributed by atoms with Gasteiger partial charge < -0.3 is 24.8 Å². The number of benzene rings is 1. The zero-order valence-electron chi connectivity index (χ0n) is 24.3. The fraction of sp³-hybridized carbons (Fsp3) is 0.621. The van der Waals surface area contributed by atoms with E-state index >= 15 is 0 Å². The minimum atomic E-state index is -5.14. The van der Waals surface area contributed by atoms with Crippen molar-refractivity contribution in [2.24, 2.45) is 11.8 Å². The van der Waals surface area contributed by atoms with E-state index in [1.807, 2.05) is 4.57 Å². The minimum Gasteiger partial charge on any atom is -0.404 e. The van der Waals surface area contributed by atoms with Crippen molar-refractivity contribution in [3.8, 4) is 17.0 Å². The largest absolute Gasteiger partial charge is 0.573 e. The molecule has 1 aromatic carbocycles. The van der Waals surface area contributed by atoms with Crippen LogP contribution in [0.15, 0.2) is 29.2 Å². The first-order chi connectivity index (χ1) is 19.4. The molecule has 9 nitrogen and oxygen atoms in total. The average Bonchev–Trinajstić information content (AvgIpc) is 3.14. The van der Waals surface area contributed by atoms with Gasteiger partial charge in [0.2, 0.25) is 10.0 Å². The first kappa shape index (κ1) is 32.3. The highest BCUT2D eigenvalue weighted by Gasteiger charge is 2.37. The Morgan fingerprint density at radius 1 is 1.10 bits per heavy atom. The molecule has 2 aliphatic carbocycles. The molecule has 4 rings (SSSR count). The monoisotopic (exact) mass is 615 g/mol. The van der Waals surface area contributed by atoms with Gasteiger partial charge in [0.25, 0.3) is 5.91 Å². The minimum absolute atomic E-state index is 0.222. The number of carbonyl (C=O) groups is 1. The third-order valence-electron chi connectivity index (χ3n) is 7.90. The lowest BCUT2D eigenvalue weighted by Crippen LogP contribution is -2.47. The zero-order valence-corrected chi connectivity index (χ0v) is 25.1. The molecule has 1 aromatic heterocycles. The molecule has 0 unspecified atom stereocenters. The first-order valence-electron chi connectivity index (χ1n) is 14.2. The predicted molar refractivity (Wildman–Crippen MR) is 150 cm³/mol. The van der Waals surface area contributed by atoms with Crippen molar-refractivity contribution in [1.82, 2.24) is 14.6 Å². The summed E-state index contributed by atoms with van der Waals surface area (Å²) < 4.78 is 74.9. The molecule has 0 saturated heterocycles. The fourth-order valence-electron chi connectivity index (χ4n) is 5.82. The number of nitrogens with one attached hydrogen (secondary N) is 2. The van der Waals surface area contributed by atoms with Crippen LogP contribution in [0.25, 0.3) is 11.3 Å². The molecule has 2 aliphatic rings. The van der Waals surface area contributed by atoms with Crippen LogP contribution in [0, 0.1) is 18.8 Å². The molecule has 0 spiro atoms. The number of sulfonamides is 1. The van der Waals surface area contributed by atoms with Gasteiger partial charge in [0.15, 0.2) is 6.29 Å². The number of amides is 1. The van der Waals surface area contributed by atoms with Crippen molar-refractivity contribution < 1.29 is 41.3 Å². The summed E-state index contributed by atoms with van der Waals surface area (Å²) in [5.41, 5.74) is 0.777. The van der Waals surface area contributed by atoms with Crippen LogP contribution < -0.4 is 14.8 Å². The second-order valence-corrected chi connectivity index (χ2v) is 14.2. The van der Waals surface area contributed by atoms with E-state index in [1.165, 1.54) is 6.07 Å². The fourth-order valence-corrected chi connectivity index (χ4v) is 7.34. The van der Waals surface area contributed by atoms with Crippen molar-refractivity contribution in [3.05, 3.63) is 35.5 Å². The second-order valence-electron chi connectivity index (χ2n) is 12.5. The summed E-state index contributed by atoms with van der Waals surface area (Å²) in [6.07, 6.45) is -0.464. The molecule has 2 aromatic rings. The lowest BCUT2D eigenvalue weighted by atomic mass is 9.79. The number of nitrogens with zero attached hydrogens (tertiary/aromatic N) is 1. The maximum Gasteiger partial charge on any atom is 0.573 e. The van der Waals surface area contributed by atoms with E-state index in [2.05, 4.69) is 14.8 Å². The molecule has 0 radical (unpaired) electrons. The van der Waals surface area contributed by atoms with Gasteiger partial charge in [-0.05, 0) is 77.5 Å². The predicted octanol–water partition coefficient (Wildman–Crippen LogP) is 4.84. The summed E-state index contributed by atoms with van der Waals surface area (Å²) >= 11 is 0. The number of aliphatic hydroxyl groups is 2. The van der Waals surface area contributed by atoms with Crippen molar-refractivity contribution >= 4 is 15.9 Å². The molecule has 234 valence electrons. The Morgan fingerprint density at radius 3 is 2.31 bits per heavy atom. The number of ether oxygens (including phenoxy) is 1. The van der Waals surface area contributed by atoms with E-state index in [9.17, 15) is 36.6 Å². The second kappa shape index (κ2) is 12.2. The van der Waals surface area contributed by atoms with Crippen LogP contribution in [-0.2, 0) is 16.6 Å². The summed E-state index contributed by atoms with van der Waals surface area (Å²) in [4.78, 5) is 12.6. The summed E-state index contributed by atoms with van der Waals surface area (Å²) in [5.74, 6) is -1.22. The van der Waals surface area contributed by atoms with E-state index in [0.717, 1.165) is 44.2 Å². The van der Waals surface area contributed by atoms with Crippen LogP contribution >= 0.6 is 0 Å². The SMILES string of the molecule is Cc1c(C(=O)NC2CC(C(O)O)C2)cc(-c2ccc(S(=O)(=O)NC(C)(C)C)c(OC(F)(F)F)c2)n1CC1CCCCC1. The van der Waals surface area contributed by atoms with Gasteiger partial charge >= 0.3 is 6.36 Å². The van der Waals surface area contributed by atoms with E-state index in [4.69, 9.17) is 0 Å². The number of halogens is 3. The molecule has 2 saturated carbocycles. The number of alkyl halides is 3. The quantitative estimate of drug-likeness (QED) is 0.299. The molecule has 13 heteroatoms. The number of rotatable bonds is 9.